The van der Waals surface area contributed by atoms with Crippen LogP contribution in [0.2, 0.25) is 5.02 Å². The van der Waals surface area contributed by atoms with E-state index in [2.05, 4.69) is 34.7 Å². The van der Waals surface area contributed by atoms with E-state index in [-0.39, 0.29) is 4.90 Å². The Morgan fingerprint density at radius 2 is 2.00 bits per heavy atom. The Morgan fingerprint density at radius 1 is 1.25 bits per heavy atom. The van der Waals surface area contributed by atoms with Gasteiger partial charge in [-0.3, -0.25) is 4.79 Å². The first-order valence-electron chi connectivity index (χ1n) is 10.4. The summed E-state index contributed by atoms with van der Waals surface area (Å²) >= 11 is 9.04. The van der Waals surface area contributed by atoms with Crippen LogP contribution in [0.5, 0.6) is 0 Å². The van der Waals surface area contributed by atoms with Crippen molar-refractivity contribution in [3.8, 4) is 0 Å². The molecule has 4 rings (SSSR count). The molecular formula is C22H24ClN3O3S3. The van der Waals surface area contributed by atoms with Crippen LogP contribution in [-0.4, -0.2) is 42.0 Å². The zero-order valence-corrected chi connectivity index (χ0v) is 21.0. The molecule has 1 atom stereocenters. The van der Waals surface area contributed by atoms with Crippen molar-refractivity contribution in [3.05, 3.63) is 52.3 Å². The molecule has 1 aromatic heterocycles. The van der Waals surface area contributed by atoms with Crippen molar-refractivity contribution in [1.29, 1.82) is 0 Å². The normalized spacial score (nSPS) is 18.0. The van der Waals surface area contributed by atoms with Crippen LogP contribution in [0.1, 0.15) is 26.2 Å². The number of aromatic nitrogens is 1. The Balaban J connectivity index is 1.71. The maximum Gasteiger partial charge on any atom is 0.266 e. The second kappa shape index (κ2) is 9.69. The number of benzene rings is 2. The molecule has 2 heterocycles. The van der Waals surface area contributed by atoms with Crippen LogP contribution in [0.4, 0.5) is 0 Å². The van der Waals surface area contributed by atoms with E-state index >= 15 is 0 Å². The van der Waals surface area contributed by atoms with Crippen LogP contribution < -0.4 is 4.80 Å². The van der Waals surface area contributed by atoms with E-state index in [9.17, 15) is 13.2 Å². The summed E-state index contributed by atoms with van der Waals surface area (Å²) < 4.78 is 30.8. The van der Waals surface area contributed by atoms with Gasteiger partial charge in [-0.05, 0) is 68.0 Å². The molecule has 0 bridgehead atoms. The molecule has 32 heavy (non-hydrogen) atoms. The Kier molecular flexibility index (Phi) is 7.11. The predicted octanol–water partition coefficient (Wildman–Crippen LogP) is 4.77. The highest BCUT2D eigenvalue weighted by atomic mass is 35.5. The highest BCUT2D eigenvalue weighted by molar-refractivity contribution is 7.98. The van der Waals surface area contributed by atoms with Gasteiger partial charge in [0.25, 0.3) is 5.91 Å². The monoisotopic (exact) mass is 509 g/mol. The molecule has 1 saturated heterocycles. The number of rotatable bonds is 6. The number of carbonyl (C=O) groups excluding carboxylic acids is 1. The van der Waals surface area contributed by atoms with Crippen molar-refractivity contribution in [3.63, 3.8) is 0 Å². The van der Waals surface area contributed by atoms with Gasteiger partial charge in [-0.15, -0.1) is 11.8 Å². The standard InChI is InChI=1S/C22H24ClN3O3S3/c1-3-12-25-18-11-8-16(30-2)14-20(18)31-22(25)24-21(27)19-5-4-13-26(19)32(28,29)17-9-6-15(23)7-10-17/h6-11,14,19H,3-5,12-13H2,1-2H3. The van der Waals surface area contributed by atoms with Crippen LogP contribution >= 0.6 is 34.7 Å². The van der Waals surface area contributed by atoms with Gasteiger partial charge in [0, 0.05) is 23.0 Å². The van der Waals surface area contributed by atoms with Crippen LogP contribution in [0.3, 0.4) is 0 Å². The Hall–Kier alpha value is -1.65. The first kappa shape index (κ1) is 23.5. The van der Waals surface area contributed by atoms with Gasteiger partial charge >= 0.3 is 0 Å². The Morgan fingerprint density at radius 3 is 2.69 bits per heavy atom. The fourth-order valence-electron chi connectivity index (χ4n) is 3.89. The summed E-state index contributed by atoms with van der Waals surface area (Å²) in [6.07, 6.45) is 4.01. The fourth-order valence-corrected chi connectivity index (χ4v) is 7.28. The third kappa shape index (κ3) is 4.54. The van der Waals surface area contributed by atoms with Gasteiger partial charge in [0.2, 0.25) is 10.0 Å². The molecule has 0 spiro atoms. The van der Waals surface area contributed by atoms with Crippen molar-refractivity contribution in [2.45, 2.75) is 48.6 Å². The molecular weight excluding hydrogens is 486 g/mol. The van der Waals surface area contributed by atoms with Crippen molar-refractivity contribution in [2.75, 3.05) is 12.8 Å². The molecule has 1 aliphatic rings. The molecule has 6 nitrogen and oxygen atoms in total. The summed E-state index contributed by atoms with van der Waals surface area (Å²) in [5, 5.41) is 0.461. The number of carbonyl (C=O) groups is 1. The number of hydrogen-bond donors (Lipinski definition) is 0. The number of hydrogen-bond acceptors (Lipinski definition) is 5. The van der Waals surface area contributed by atoms with E-state index < -0.39 is 22.0 Å². The molecule has 0 N–H and O–H groups in total. The lowest BCUT2D eigenvalue weighted by Gasteiger charge is -2.21. The number of amides is 1. The lowest BCUT2D eigenvalue weighted by molar-refractivity contribution is -0.121. The zero-order valence-electron chi connectivity index (χ0n) is 17.8. The van der Waals surface area contributed by atoms with Gasteiger partial charge in [0.15, 0.2) is 4.80 Å². The van der Waals surface area contributed by atoms with E-state index in [0.717, 1.165) is 28.1 Å². The Bertz CT molecular complexity index is 1310. The van der Waals surface area contributed by atoms with Gasteiger partial charge in [-0.25, -0.2) is 8.42 Å². The average molecular weight is 510 g/mol. The van der Waals surface area contributed by atoms with Crippen LogP contribution in [0.25, 0.3) is 10.2 Å². The topological polar surface area (TPSA) is 71.7 Å². The van der Waals surface area contributed by atoms with Gasteiger partial charge in [-0.2, -0.15) is 9.30 Å². The van der Waals surface area contributed by atoms with Crippen molar-refractivity contribution in [1.82, 2.24) is 8.87 Å². The minimum Gasteiger partial charge on any atom is -0.316 e. The van der Waals surface area contributed by atoms with E-state index in [1.54, 1.807) is 23.9 Å². The van der Waals surface area contributed by atoms with Gasteiger partial charge in [0.05, 0.1) is 15.1 Å². The number of halogens is 1. The smallest absolute Gasteiger partial charge is 0.266 e. The number of aryl methyl sites for hydroxylation is 1. The van der Waals surface area contributed by atoms with Crippen molar-refractivity contribution in [2.24, 2.45) is 4.99 Å². The summed E-state index contributed by atoms with van der Waals surface area (Å²) in [6, 6.07) is 11.5. The molecule has 0 radical (unpaired) electrons. The zero-order chi connectivity index (χ0) is 22.9. The van der Waals surface area contributed by atoms with Gasteiger partial charge < -0.3 is 4.57 Å². The summed E-state index contributed by atoms with van der Waals surface area (Å²) in [4.78, 5) is 19.5. The maximum absolute atomic E-state index is 13.2. The van der Waals surface area contributed by atoms with E-state index in [0.29, 0.717) is 29.2 Å². The maximum atomic E-state index is 13.2. The lowest BCUT2D eigenvalue weighted by atomic mass is 10.2. The second-order valence-corrected chi connectivity index (χ2v) is 11.8. The molecule has 10 heteroatoms. The average Bonchev–Trinajstić information content (AvgIpc) is 3.40. The van der Waals surface area contributed by atoms with Crippen LogP contribution in [0.15, 0.2) is 57.2 Å². The fraction of sp³-hybridized carbons (Fsp3) is 0.364. The number of fused-ring (bicyclic) bond motifs is 1. The van der Waals surface area contributed by atoms with Crippen molar-refractivity contribution >= 4 is 60.8 Å². The highest BCUT2D eigenvalue weighted by Crippen LogP contribution is 2.28. The van der Waals surface area contributed by atoms with Crippen molar-refractivity contribution < 1.29 is 13.2 Å². The van der Waals surface area contributed by atoms with Crippen LogP contribution in [0, 0.1) is 0 Å². The summed E-state index contributed by atoms with van der Waals surface area (Å²) in [5.74, 6) is -0.415. The highest BCUT2D eigenvalue weighted by Gasteiger charge is 2.39. The van der Waals surface area contributed by atoms with E-state index in [4.69, 9.17) is 11.6 Å². The van der Waals surface area contributed by atoms with Gasteiger partial charge in [-0.1, -0.05) is 29.9 Å². The molecule has 170 valence electrons. The summed E-state index contributed by atoms with van der Waals surface area (Å²) in [6.45, 7) is 3.12. The molecule has 2 aromatic carbocycles. The SMILES string of the molecule is CCCn1c(=NC(=O)C2CCCN2S(=O)(=O)c2ccc(Cl)cc2)sc2cc(SC)ccc21. The number of sulfonamides is 1. The first-order chi connectivity index (χ1) is 15.3. The van der Waals surface area contributed by atoms with Crippen LogP contribution in [-0.2, 0) is 21.4 Å². The molecule has 1 amide bonds. The molecule has 1 aliphatic heterocycles. The van der Waals surface area contributed by atoms with E-state index in [1.165, 1.54) is 27.8 Å². The molecule has 1 fully saturated rings. The van der Waals surface area contributed by atoms with E-state index in [1.807, 2.05) is 6.26 Å². The summed E-state index contributed by atoms with van der Waals surface area (Å²) in [5.41, 5.74) is 1.04. The molecule has 0 saturated carbocycles. The first-order valence-corrected chi connectivity index (χ1v) is 14.2. The number of thiazole rings is 1. The third-order valence-corrected chi connectivity index (χ3v) is 9.39. The quantitative estimate of drug-likeness (QED) is 0.449. The number of thioether (sulfide) groups is 1. The summed E-state index contributed by atoms with van der Waals surface area (Å²) in [7, 11) is -3.81. The van der Waals surface area contributed by atoms with Gasteiger partial charge in [0.1, 0.15) is 6.04 Å². The minimum atomic E-state index is -3.81. The second-order valence-electron chi connectivity index (χ2n) is 7.55. The Labute approximate surface area is 201 Å². The number of nitrogens with zero attached hydrogens (tertiary/aromatic N) is 3. The lowest BCUT2D eigenvalue weighted by Crippen LogP contribution is -2.40. The molecule has 0 aliphatic carbocycles. The minimum absolute atomic E-state index is 0.133. The predicted molar refractivity (Wildman–Crippen MR) is 131 cm³/mol. The largest absolute Gasteiger partial charge is 0.316 e. The molecule has 1 unspecified atom stereocenters. The molecule has 3 aromatic rings. The third-order valence-electron chi connectivity index (χ3n) is 5.45.